The molecule has 0 aromatic heterocycles. The topological polar surface area (TPSA) is 29.3 Å². The van der Waals surface area contributed by atoms with Gasteiger partial charge in [-0.3, -0.25) is 0 Å². The summed E-state index contributed by atoms with van der Waals surface area (Å²) in [5.74, 6) is 2.02. The molecule has 0 bridgehead atoms. The first kappa shape index (κ1) is 11.7. The number of rotatable bonds is 2. The highest BCUT2D eigenvalue weighted by Crippen LogP contribution is 2.25. The van der Waals surface area contributed by atoms with Crippen molar-refractivity contribution >= 4 is 17.4 Å². The quantitative estimate of drug-likeness (QED) is 0.859. The van der Waals surface area contributed by atoms with Gasteiger partial charge in [0.25, 0.3) is 0 Å². The van der Waals surface area contributed by atoms with Gasteiger partial charge < -0.3 is 10.6 Å². The molecule has 2 nitrogen and oxygen atoms in total. The minimum atomic E-state index is -0.191. The molecule has 1 unspecified atom stereocenters. The molecular weight excluding hydrogens is 223 g/mol. The molecule has 0 radical (unpaired) electrons. The van der Waals surface area contributed by atoms with Crippen LogP contribution in [0.25, 0.3) is 0 Å². The first-order chi connectivity index (χ1) is 7.70. The van der Waals surface area contributed by atoms with Crippen LogP contribution in [0.2, 0.25) is 0 Å². The van der Waals surface area contributed by atoms with Crippen LogP contribution in [0.1, 0.15) is 12.5 Å². The molecule has 1 fully saturated rings. The number of benzene rings is 1. The summed E-state index contributed by atoms with van der Waals surface area (Å²) in [7, 11) is 0. The maximum Gasteiger partial charge on any atom is 0.125 e. The molecule has 4 heteroatoms. The highest BCUT2D eigenvalue weighted by molar-refractivity contribution is 7.99. The SMILES string of the molecule is CC1CSCCN1c1cc(F)cc(CN)c1. The molecule has 0 aliphatic carbocycles. The predicted octanol–water partition coefficient (Wildman–Crippen LogP) is 2.23. The highest BCUT2D eigenvalue weighted by atomic mass is 32.2. The number of hydrogen-bond acceptors (Lipinski definition) is 3. The van der Waals surface area contributed by atoms with Crippen molar-refractivity contribution in [2.45, 2.75) is 19.5 Å². The van der Waals surface area contributed by atoms with Gasteiger partial charge in [0, 0.05) is 36.3 Å². The summed E-state index contributed by atoms with van der Waals surface area (Å²) in [4.78, 5) is 2.26. The standard InChI is InChI=1S/C12H17FN2S/c1-9-8-16-3-2-15(9)12-5-10(7-14)4-11(13)6-12/h4-6,9H,2-3,7-8,14H2,1H3. The number of nitrogens with two attached hydrogens (primary N) is 1. The molecule has 1 heterocycles. The van der Waals surface area contributed by atoms with Gasteiger partial charge in [-0.1, -0.05) is 0 Å². The fraction of sp³-hybridized carbons (Fsp3) is 0.500. The third-order valence-electron chi connectivity index (χ3n) is 2.88. The Morgan fingerprint density at radius 2 is 2.31 bits per heavy atom. The van der Waals surface area contributed by atoms with E-state index in [4.69, 9.17) is 5.73 Å². The molecule has 1 aliphatic rings. The highest BCUT2D eigenvalue weighted by Gasteiger charge is 2.19. The second-order valence-electron chi connectivity index (χ2n) is 4.14. The van der Waals surface area contributed by atoms with E-state index in [2.05, 4.69) is 11.8 Å². The van der Waals surface area contributed by atoms with Crippen molar-refractivity contribution < 1.29 is 4.39 Å². The third-order valence-corrected chi connectivity index (χ3v) is 4.07. The van der Waals surface area contributed by atoms with Crippen LogP contribution in [0.3, 0.4) is 0 Å². The Hall–Kier alpha value is -0.740. The zero-order valence-corrected chi connectivity index (χ0v) is 10.3. The van der Waals surface area contributed by atoms with Gasteiger partial charge in [-0.2, -0.15) is 11.8 Å². The Bertz CT molecular complexity index is 370. The van der Waals surface area contributed by atoms with E-state index in [1.165, 1.54) is 6.07 Å². The molecule has 2 rings (SSSR count). The summed E-state index contributed by atoms with van der Waals surface area (Å²) in [6, 6.07) is 5.57. The summed E-state index contributed by atoms with van der Waals surface area (Å²) < 4.78 is 13.4. The normalized spacial score (nSPS) is 21.2. The van der Waals surface area contributed by atoms with E-state index in [0.29, 0.717) is 12.6 Å². The molecular formula is C12H17FN2S. The Kier molecular flexibility index (Phi) is 3.71. The summed E-state index contributed by atoms with van der Waals surface area (Å²) in [6.07, 6.45) is 0. The van der Waals surface area contributed by atoms with Gasteiger partial charge in [-0.25, -0.2) is 4.39 Å². The summed E-state index contributed by atoms with van der Waals surface area (Å²) >= 11 is 1.96. The second kappa shape index (κ2) is 5.06. The fourth-order valence-corrected chi connectivity index (χ4v) is 3.04. The predicted molar refractivity (Wildman–Crippen MR) is 68.4 cm³/mol. The van der Waals surface area contributed by atoms with E-state index in [1.54, 1.807) is 6.07 Å². The van der Waals surface area contributed by atoms with Gasteiger partial charge in [-0.15, -0.1) is 0 Å². The van der Waals surface area contributed by atoms with Gasteiger partial charge in [0.15, 0.2) is 0 Å². The van der Waals surface area contributed by atoms with Gasteiger partial charge in [0.05, 0.1) is 0 Å². The zero-order valence-electron chi connectivity index (χ0n) is 9.45. The van der Waals surface area contributed by atoms with Crippen LogP contribution < -0.4 is 10.6 Å². The van der Waals surface area contributed by atoms with Crippen molar-refractivity contribution in [2.24, 2.45) is 5.73 Å². The molecule has 1 saturated heterocycles. The van der Waals surface area contributed by atoms with Crippen molar-refractivity contribution in [3.8, 4) is 0 Å². The van der Waals surface area contributed by atoms with Crippen LogP contribution in [0, 0.1) is 5.82 Å². The minimum absolute atomic E-state index is 0.191. The summed E-state index contributed by atoms with van der Waals surface area (Å²) in [5.41, 5.74) is 7.39. The molecule has 0 amide bonds. The molecule has 88 valence electrons. The Morgan fingerprint density at radius 1 is 1.50 bits per heavy atom. The van der Waals surface area contributed by atoms with Crippen LogP contribution in [0.5, 0.6) is 0 Å². The van der Waals surface area contributed by atoms with E-state index < -0.39 is 0 Å². The average molecular weight is 240 g/mol. The molecule has 2 N–H and O–H groups in total. The third kappa shape index (κ3) is 2.50. The number of hydrogen-bond donors (Lipinski definition) is 1. The van der Waals surface area contributed by atoms with E-state index >= 15 is 0 Å². The van der Waals surface area contributed by atoms with Crippen LogP contribution in [0.4, 0.5) is 10.1 Å². The summed E-state index contributed by atoms with van der Waals surface area (Å²) in [6.45, 7) is 3.56. The Balaban J connectivity index is 2.27. The summed E-state index contributed by atoms with van der Waals surface area (Å²) in [5, 5.41) is 0. The number of thioether (sulfide) groups is 1. The number of nitrogens with zero attached hydrogens (tertiary/aromatic N) is 1. The Morgan fingerprint density at radius 3 is 3.00 bits per heavy atom. The van der Waals surface area contributed by atoms with E-state index in [9.17, 15) is 4.39 Å². The molecule has 0 saturated carbocycles. The van der Waals surface area contributed by atoms with Crippen LogP contribution >= 0.6 is 11.8 Å². The minimum Gasteiger partial charge on any atom is -0.367 e. The lowest BCUT2D eigenvalue weighted by atomic mass is 10.1. The van der Waals surface area contributed by atoms with Crippen molar-refractivity contribution in [2.75, 3.05) is 23.0 Å². The molecule has 16 heavy (non-hydrogen) atoms. The van der Waals surface area contributed by atoms with Crippen LogP contribution in [-0.2, 0) is 6.54 Å². The first-order valence-corrected chi connectivity index (χ1v) is 6.70. The lowest BCUT2D eigenvalue weighted by molar-refractivity contribution is 0.621. The monoisotopic (exact) mass is 240 g/mol. The second-order valence-corrected chi connectivity index (χ2v) is 5.29. The van der Waals surface area contributed by atoms with Gasteiger partial charge in [-0.05, 0) is 30.7 Å². The zero-order chi connectivity index (χ0) is 11.5. The van der Waals surface area contributed by atoms with Crippen molar-refractivity contribution in [1.29, 1.82) is 0 Å². The molecule has 1 atom stereocenters. The lowest BCUT2D eigenvalue weighted by Crippen LogP contribution is -2.40. The van der Waals surface area contributed by atoms with Crippen molar-refractivity contribution in [3.63, 3.8) is 0 Å². The Labute approximate surface area is 100 Å². The van der Waals surface area contributed by atoms with Crippen molar-refractivity contribution in [3.05, 3.63) is 29.6 Å². The van der Waals surface area contributed by atoms with Crippen molar-refractivity contribution in [1.82, 2.24) is 0 Å². The maximum absolute atomic E-state index is 13.4. The molecule has 1 aromatic rings. The largest absolute Gasteiger partial charge is 0.367 e. The van der Waals surface area contributed by atoms with Crippen LogP contribution in [0.15, 0.2) is 18.2 Å². The molecule has 0 spiro atoms. The maximum atomic E-state index is 13.4. The lowest BCUT2D eigenvalue weighted by Gasteiger charge is -2.35. The van der Waals surface area contributed by atoms with E-state index in [0.717, 1.165) is 29.3 Å². The van der Waals surface area contributed by atoms with Gasteiger partial charge in [0.1, 0.15) is 5.82 Å². The van der Waals surface area contributed by atoms with Gasteiger partial charge in [0.2, 0.25) is 0 Å². The van der Waals surface area contributed by atoms with Crippen LogP contribution in [-0.4, -0.2) is 24.1 Å². The fourth-order valence-electron chi connectivity index (χ4n) is 2.03. The molecule has 1 aromatic carbocycles. The average Bonchev–Trinajstić information content (AvgIpc) is 2.28. The van der Waals surface area contributed by atoms with E-state index in [1.807, 2.05) is 17.8 Å². The number of halogens is 1. The first-order valence-electron chi connectivity index (χ1n) is 5.54. The smallest absolute Gasteiger partial charge is 0.125 e. The van der Waals surface area contributed by atoms with E-state index in [-0.39, 0.29) is 5.82 Å². The van der Waals surface area contributed by atoms with Gasteiger partial charge >= 0.3 is 0 Å². The number of anilines is 1. The molecule has 1 aliphatic heterocycles.